The van der Waals surface area contributed by atoms with Crippen molar-refractivity contribution in [2.24, 2.45) is 5.92 Å². The number of carbonyl (C=O) groups is 1. The van der Waals surface area contributed by atoms with Gasteiger partial charge in [-0.15, -0.1) is 0 Å². The lowest BCUT2D eigenvalue weighted by Crippen LogP contribution is -2.33. The highest BCUT2D eigenvalue weighted by atomic mass is 16.5. The molecule has 2 heterocycles. The molecular weight excluding hydrogens is 264 g/mol. The zero-order chi connectivity index (χ0) is 14.7. The quantitative estimate of drug-likeness (QED) is 0.895. The van der Waals surface area contributed by atoms with Crippen LogP contribution in [0.25, 0.3) is 0 Å². The molecule has 2 aliphatic rings. The van der Waals surface area contributed by atoms with E-state index in [-0.39, 0.29) is 5.91 Å². The molecule has 1 saturated heterocycles. The third-order valence-corrected chi connectivity index (χ3v) is 4.61. The van der Waals surface area contributed by atoms with Crippen molar-refractivity contribution in [2.45, 2.75) is 38.7 Å². The van der Waals surface area contributed by atoms with Crippen molar-refractivity contribution in [3.05, 3.63) is 29.3 Å². The molecule has 2 N–H and O–H groups in total. The summed E-state index contributed by atoms with van der Waals surface area (Å²) in [6.45, 7) is 4.68. The van der Waals surface area contributed by atoms with Crippen molar-refractivity contribution in [3.63, 3.8) is 0 Å². The number of nitrogens with one attached hydrogen (secondary N) is 2. The first-order valence-electron chi connectivity index (χ1n) is 8.05. The van der Waals surface area contributed by atoms with Gasteiger partial charge in [0.1, 0.15) is 0 Å². The summed E-state index contributed by atoms with van der Waals surface area (Å²) in [5.74, 6) is 0.508. The van der Waals surface area contributed by atoms with Gasteiger partial charge < -0.3 is 15.4 Å². The van der Waals surface area contributed by atoms with E-state index in [9.17, 15) is 4.79 Å². The molecule has 1 aromatic carbocycles. The summed E-state index contributed by atoms with van der Waals surface area (Å²) in [6.07, 6.45) is 4.44. The molecule has 4 nitrogen and oxygen atoms in total. The molecular formula is C17H24N2O2. The Hall–Kier alpha value is -1.55. The maximum Gasteiger partial charge on any atom is 0.251 e. The summed E-state index contributed by atoms with van der Waals surface area (Å²) in [4.78, 5) is 12.5. The number of hydrogen-bond donors (Lipinski definition) is 2. The summed E-state index contributed by atoms with van der Waals surface area (Å²) in [5, 5.41) is 6.48. The van der Waals surface area contributed by atoms with E-state index < -0.39 is 0 Å². The maximum absolute atomic E-state index is 12.5. The molecule has 0 aliphatic carbocycles. The maximum atomic E-state index is 12.5. The van der Waals surface area contributed by atoms with Gasteiger partial charge in [-0.25, -0.2) is 0 Å². The van der Waals surface area contributed by atoms with Gasteiger partial charge in [0.2, 0.25) is 0 Å². The Balaban J connectivity index is 1.66. The summed E-state index contributed by atoms with van der Waals surface area (Å²) < 4.78 is 5.68. The number of carbonyl (C=O) groups excluding carboxylic acids is 1. The third-order valence-electron chi connectivity index (χ3n) is 4.61. The molecule has 4 heteroatoms. The molecule has 0 bridgehead atoms. The van der Waals surface area contributed by atoms with Gasteiger partial charge in [0, 0.05) is 36.9 Å². The van der Waals surface area contributed by atoms with Crippen molar-refractivity contribution in [1.29, 1.82) is 0 Å². The van der Waals surface area contributed by atoms with Crippen LogP contribution in [0.3, 0.4) is 0 Å². The predicted octanol–water partition coefficient (Wildman–Crippen LogP) is 2.59. The Labute approximate surface area is 126 Å². The van der Waals surface area contributed by atoms with E-state index in [0.717, 1.165) is 55.6 Å². The number of fused-ring (bicyclic) bond motifs is 1. The topological polar surface area (TPSA) is 50.4 Å². The molecule has 21 heavy (non-hydrogen) atoms. The van der Waals surface area contributed by atoms with Gasteiger partial charge in [0.25, 0.3) is 5.91 Å². The van der Waals surface area contributed by atoms with Crippen molar-refractivity contribution in [3.8, 4) is 0 Å². The normalized spacial score (nSPS) is 24.2. The van der Waals surface area contributed by atoms with Gasteiger partial charge in [-0.1, -0.05) is 13.0 Å². The van der Waals surface area contributed by atoms with E-state index in [2.05, 4.69) is 23.6 Å². The molecule has 2 aliphatic heterocycles. The molecule has 3 rings (SSSR count). The van der Waals surface area contributed by atoms with Crippen molar-refractivity contribution >= 4 is 11.6 Å². The lowest BCUT2D eigenvalue weighted by molar-refractivity contribution is 0.0826. The number of anilines is 1. The largest absolute Gasteiger partial charge is 0.385 e. The molecule has 114 valence electrons. The van der Waals surface area contributed by atoms with E-state index in [4.69, 9.17) is 4.74 Å². The Morgan fingerprint density at radius 1 is 1.48 bits per heavy atom. The fourth-order valence-corrected chi connectivity index (χ4v) is 3.42. The molecule has 0 spiro atoms. The van der Waals surface area contributed by atoms with Crippen LogP contribution in [-0.4, -0.2) is 31.7 Å². The van der Waals surface area contributed by atoms with Gasteiger partial charge in [0.05, 0.1) is 6.10 Å². The molecule has 0 aromatic heterocycles. The van der Waals surface area contributed by atoms with Crippen molar-refractivity contribution in [2.75, 3.05) is 25.0 Å². The molecule has 0 saturated carbocycles. The van der Waals surface area contributed by atoms with E-state index in [0.29, 0.717) is 18.6 Å². The zero-order valence-electron chi connectivity index (χ0n) is 12.7. The van der Waals surface area contributed by atoms with Crippen LogP contribution in [0.2, 0.25) is 0 Å². The highest BCUT2D eigenvalue weighted by Crippen LogP contribution is 2.26. The van der Waals surface area contributed by atoms with Crippen LogP contribution in [0.15, 0.2) is 18.2 Å². The summed E-state index contributed by atoms with van der Waals surface area (Å²) in [7, 11) is 0. The molecule has 1 aromatic rings. The summed E-state index contributed by atoms with van der Waals surface area (Å²) in [5.41, 5.74) is 3.10. The van der Waals surface area contributed by atoms with Gasteiger partial charge in [0.15, 0.2) is 0 Å². The Morgan fingerprint density at radius 2 is 2.38 bits per heavy atom. The first kappa shape index (κ1) is 14.4. The van der Waals surface area contributed by atoms with Crippen molar-refractivity contribution in [1.82, 2.24) is 5.32 Å². The molecule has 2 unspecified atom stereocenters. The average molecular weight is 288 g/mol. The fraction of sp³-hybridized carbons (Fsp3) is 0.588. The zero-order valence-corrected chi connectivity index (χ0v) is 12.7. The van der Waals surface area contributed by atoms with E-state index in [1.807, 2.05) is 12.1 Å². The van der Waals surface area contributed by atoms with Crippen molar-refractivity contribution < 1.29 is 9.53 Å². The molecule has 1 amide bonds. The first-order valence-corrected chi connectivity index (χ1v) is 8.05. The third kappa shape index (κ3) is 3.05. The van der Waals surface area contributed by atoms with E-state index in [1.165, 1.54) is 0 Å². The van der Waals surface area contributed by atoms with Crippen LogP contribution >= 0.6 is 0 Å². The van der Waals surface area contributed by atoms with E-state index >= 15 is 0 Å². The summed E-state index contributed by atoms with van der Waals surface area (Å²) in [6, 6.07) is 5.95. The monoisotopic (exact) mass is 288 g/mol. The number of ether oxygens (including phenoxy) is 1. The van der Waals surface area contributed by atoms with E-state index in [1.54, 1.807) is 0 Å². The van der Waals surface area contributed by atoms with Gasteiger partial charge in [-0.05, 0) is 43.4 Å². The van der Waals surface area contributed by atoms with Crippen LogP contribution in [0.1, 0.15) is 42.1 Å². The minimum Gasteiger partial charge on any atom is -0.385 e. The van der Waals surface area contributed by atoms with Gasteiger partial charge in [-0.3, -0.25) is 4.79 Å². The van der Waals surface area contributed by atoms with Crippen LogP contribution < -0.4 is 10.6 Å². The number of benzene rings is 1. The van der Waals surface area contributed by atoms with Crippen LogP contribution in [0.4, 0.5) is 5.69 Å². The second-order valence-corrected chi connectivity index (χ2v) is 5.94. The summed E-state index contributed by atoms with van der Waals surface area (Å²) >= 11 is 0. The Bertz CT molecular complexity index is 516. The van der Waals surface area contributed by atoms with Crippen LogP contribution in [-0.2, 0) is 11.2 Å². The second kappa shape index (κ2) is 6.48. The SMILES string of the molecule is CCC1OCCC1CNC(=O)c1cccc2c1CCCN2. The highest BCUT2D eigenvalue weighted by Gasteiger charge is 2.27. The minimum atomic E-state index is 0.0531. The van der Waals surface area contributed by atoms with Crippen LogP contribution in [0.5, 0.6) is 0 Å². The molecule has 0 radical (unpaired) electrons. The Kier molecular flexibility index (Phi) is 4.44. The van der Waals surface area contributed by atoms with Gasteiger partial charge >= 0.3 is 0 Å². The number of hydrogen-bond acceptors (Lipinski definition) is 3. The number of amides is 1. The number of rotatable bonds is 4. The first-order chi connectivity index (χ1) is 10.3. The molecule has 2 atom stereocenters. The fourth-order valence-electron chi connectivity index (χ4n) is 3.42. The minimum absolute atomic E-state index is 0.0531. The smallest absolute Gasteiger partial charge is 0.251 e. The highest BCUT2D eigenvalue weighted by molar-refractivity contribution is 5.97. The lowest BCUT2D eigenvalue weighted by Gasteiger charge is -2.21. The molecule has 1 fully saturated rings. The van der Waals surface area contributed by atoms with Crippen LogP contribution in [0, 0.1) is 5.92 Å². The second-order valence-electron chi connectivity index (χ2n) is 5.94. The predicted molar refractivity (Wildman–Crippen MR) is 83.7 cm³/mol. The standard InChI is InChI=1S/C17H24N2O2/c1-2-16-12(8-10-21-16)11-19-17(20)14-5-3-7-15-13(14)6-4-9-18-15/h3,5,7,12,16,18H,2,4,6,8-11H2,1H3,(H,19,20). The van der Waals surface area contributed by atoms with Gasteiger partial charge in [-0.2, -0.15) is 0 Å². The Morgan fingerprint density at radius 3 is 3.24 bits per heavy atom. The average Bonchev–Trinajstić information content (AvgIpc) is 2.99. The lowest BCUT2D eigenvalue weighted by atomic mass is 9.96.